The third kappa shape index (κ3) is 4.16. The van der Waals surface area contributed by atoms with E-state index in [1.54, 1.807) is 4.90 Å². The highest BCUT2D eigenvalue weighted by Crippen LogP contribution is 2.35. The van der Waals surface area contributed by atoms with Crippen LogP contribution in [0, 0.1) is 0 Å². The van der Waals surface area contributed by atoms with Crippen molar-refractivity contribution in [2.75, 3.05) is 19.7 Å². The van der Waals surface area contributed by atoms with Gasteiger partial charge in [-0.3, -0.25) is 4.79 Å². The van der Waals surface area contributed by atoms with E-state index in [-0.39, 0.29) is 33.2 Å². The van der Waals surface area contributed by atoms with E-state index >= 15 is 0 Å². The zero-order valence-electron chi connectivity index (χ0n) is 10.8. The number of benzene rings is 1. The maximum absolute atomic E-state index is 11.8. The molecule has 0 aliphatic carbocycles. The maximum atomic E-state index is 11.8. The van der Waals surface area contributed by atoms with E-state index in [2.05, 4.69) is 0 Å². The van der Waals surface area contributed by atoms with E-state index in [1.807, 2.05) is 0 Å². The number of hydrogen-bond donors (Lipinski definition) is 0. The molecule has 5 nitrogen and oxygen atoms in total. The normalized spacial score (nSPS) is 15.3. The van der Waals surface area contributed by atoms with Crippen LogP contribution in [0.3, 0.4) is 0 Å². The predicted molar refractivity (Wildman–Crippen MR) is 80.8 cm³/mol. The van der Waals surface area contributed by atoms with Gasteiger partial charge in [-0.1, -0.05) is 23.2 Å². The lowest BCUT2D eigenvalue weighted by Crippen LogP contribution is -2.32. The van der Waals surface area contributed by atoms with Crippen molar-refractivity contribution >= 4 is 48.8 Å². The molecule has 1 heterocycles. The average Bonchev–Trinajstić information content (AvgIpc) is 2.91. The number of carbonyl (C=O) groups excluding carboxylic acids is 1. The lowest BCUT2D eigenvalue weighted by Gasteiger charge is -2.16. The summed E-state index contributed by atoms with van der Waals surface area (Å²) in [6, 6.07) is 2.33. The topological polar surface area (TPSA) is 63.7 Å². The van der Waals surface area contributed by atoms with Crippen molar-refractivity contribution in [1.82, 2.24) is 4.90 Å². The van der Waals surface area contributed by atoms with Gasteiger partial charge in [-0.05, 0) is 18.9 Å². The summed E-state index contributed by atoms with van der Waals surface area (Å²) in [6.45, 7) is 1.27. The number of carbonyl (C=O) groups is 1. The quantitative estimate of drug-likeness (QED) is 0.762. The van der Waals surface area contributed by atoms with Crippen molar-refractivity contribution in [3.63, 3.8) is 0 Å². The Kier molecular flexibility index (Phi) is 5.24. The molecule has 1 aromatic rings. The minimum absolute atomic E-state index is 0.0212. The van der Waals surface area contributed by atoms with Crippen molar-refractivity contribution in [3.05, 3.63) is 22.2 Å². The van der Waals surface area contributed by atoms with Crippen LogP contribution in [0.1, 0.15) is 12.8 Å². The SMILES string of the molecule is O=C(COc1cc(Cl)c(S(=O)(=O)Cl)cc1Cl)N1CCCC1. The number of halogens is 3. The third-order valence-corrected chi connectivity index (χ3v) is 5.14. The van der Waals surface area contributed by atoms with E-state index in [0.717, 1.165) is 32.0 Å². The Morgan fingerprint density at radius 3 is 2.38 bits per heavy atom. The summed E-state index contributed by atoms with van der Waals surface area (Å²) in [5.41, 5.74) is 0. The van der Waals surface area contributed by atoms with Crippen molar-refractivity contribution in [1.29, 1.82) is 0 Å². The Balaban J connectivity index is 2.10. The largest absolute Gasteiger partial charge is 0.482 e. The predicted octanol–water partition coefficient (Wildman–Crippen LogP) is 2.92. The van der Waals surface area contributed by atoms with E-state index in [9.17, 15) is 13.2 Å². The van der Waals surface area contributed by atoms with Crippen LogP contribution in [0.15, 0.2) is 17.0 Å². The van der Waals surface area contributed by atoms with E-state index < -0.39 is 9.05 Å². The van der Waals surface area contributed by atoms with Crippen LogP contribution in [0.4, 0.5) is 0 Å². The summed E-state index contributed by atoms with van der Waals surface area (Å²) in [6.07, 6.45) is 1.97. The van der Waals surface area contributed by atoms with Gasteiger partial charge in [0.05, 0.1) is 10.0 Å². The van der Waals surface area contributed by atoms with Crippen LogP contribution < -0.4 is 4.74 Å². The molecule has 9 heteroatoms. The molecule has 1 aliphatic rings. The van der Waals surface area contributed by atoms with Gasteiger partial charge in [0, 0.05) is 29.8 Å². The van der Waals surface area contributed by atoms with E-state index in [1.165, 1.54) is 6.07 Å². The van der Waals surface area contributed by atoms with Crippen LogP contribution in [-0.4, -0.2) is 38.9 Å². The van der Waals surface area contributed by atoms with Crippen molar-refractivity contribution in [2.45, 2.75) is 17.7 Å². The summed E-state index contributed by atoms with van der Waals surface area (Å²) in [4.78, 5) is 13.3. The molecule has 2 rings (SSSR count). The second kappa shape index (κ2) is 6.60. The number of likely N-dealkylation sites (tertiary alicyclic amines) is 1. The Hall–Kier alpha value is -0.690. The second-order valence-corrected chi connectivity index (χ2v) is 7.88. The van der Waals surface area contributed by atoms with Crippen molar-refractivity contribution in [2.24, 2.45) is 0 Å². The van der Waals surface area contributed by atoms with Crippen LogP contribution in [0.25, 0.3) is 0 Å². The lowest BCUT2D eigenvalue weighted by molar-refractivity contribution is -0.132. The number of hydrogen-bond acceptors (Lipinski definition) is 4. The first-order valence-electron chi connectivity index (χ1n) is 6.13. The summed E-state index contributed by atoms with van der Waals surface area (Å²) >= 11 is 11.7. The zero-order valence-corrected chi connectivity index (χ0v) is 13.9. The monoisotopic (exact) mass is 371 g/mol. The van der Waals surface area contributed by atoms with Gasteiger partial charge in [0.15, 0.2) is 6.61 Å². The third-order valence-electron chi connectivity index (χ3n) is 3.06. The smallest absolute Gasteiger partial charge is 0.262 e. The molecule has 0 saturated carbocycles. The molecule has 0 aromatic heterocycles. The first-order valence-corrected chi connectivity index (χ1v) is 9.20. The highest BCUT2D eigenvalue weighted by Gasteiger charge is 2.21. The number of amides is 1. The molecule has 21 heavy (non-hydrogen) atoms. The minimum Gasteiger partial charge on any atom is -0.482 e. The molecule has 116 valence electrons. The van der Waals surface area contributed by atoms with E-state index in [4.69, 9.17) is 38.6 Å². The molecule has 0 radical (unpaired) electrons. The van der Waals surface area contributed by atoms with Crippen LogP contribution in [-0.2, 0) is 13.8 Å². The summed E-state index contributed by atoms with van der Waals surface area (Å²) in [5, 5.41) is -0.0918. The molecular weight excluding hydrogens is 361 g/mol. The molecule has 0 spiro atoms. The molecule has 0 atom stereocenters. The highest BCUT2D eigenvalue weighted by molar-refractivity contribution is 8.13. The standard InChI is InChI=1S/C12H12Cl3NO4S/c13-8-6-11(21(15,18)19)9(14)5-10(8)20-7-12(17)16-3-1-2-4-16/h5-6H,1-4,7H2. The van der Waals surface area contributed by atoms with Crippen LogP contribution in [0.5, 0.6) is 5.75 Å². The summed E-state index contributed by atoms with van der Waals surface area (Å²) in [7, 11) is 1.24. The Bertz CT molecular complexity index is 657. The first-order chi connectivity index (χ1) is 9.79. The van der Waals surface area contributed by atoms with Gasteiger partial charge in [0.1, 0.15) is 10.6 Å². The Morgan fingerprint density at radius 2 is 1.81 bits per heavy atom. The molecule has 1 aliphatic heterocycles. The fraction of sp³-hybridized carbons (Fsp3) is 0.417. The highest BCUT2D eigenvalue weighted by atomic mass is 35.7. The first kappa shape index (κ1) is 16.7. The van der Waals surface area contributed by atoms with Gasteiger partial charge >= 0.3 is 0 Å². The van der Waals surface area contributed by atoms with Gasteiger partial charge in [0.25, 0.3) is 15.0 Å². The molecule has 0 unspecified atom stereocenters. The zero-order chi connectivity index (χ0) is 15.6. The number of ether oxygens (including phenoxy) is 1. The summed E-state index contributed by atoms with van der Waals surface area (Å²) < 4.78 is 27.9. The lowest BCUT2D eigenvalue weighted by atomic mass is 10.3. The molecule has 0 N–H and O–H groups in total. The van der Waals surface area contributed by atoms with Crippen LogP contribution >= 0.6 is 33.9 Å². The van der Waals surface area contributed by atoms with Gasteiger partial charge < -0.3 is 9.64 Å². The molecule has 0 bridgehead atoms. The number of rotatable bonds is 4. The fourth-order valence-corrected chi connectivity index (χ4v) is 3.80. The summed E-state index contributed by atoms with van der Waals surface area (Å²) in [5.74, 6) is -0.00740. The maximum Gasteiger partial charge on any atom is 0.262 e. The average molecular weight is 373 g/mol. The fourth-order valence-electron chi connectivity index (χ4n) is 2.01. The number of nitrogens with zero attached hydrogens (tertiary/aromatic N) is 1. The second-order valence-electron chi connectivity index (χ2n) is 4.53. The molecule has 1 fully saturated rings. The Labute approximate surface area is 137 Å². The van der Waals surface area contributed by atoms with Crippen LogP contribution in [0.2, 0.25) is 10.0 Å². The molecule has 1 saturated heterocycles. The van der Waals surface area contributed by atoms with Crippen molar-refractivity contribution < 1.29 is 17.9 Å². The molecule has 1 amide bonds. The van der Waals surface area contributed by atoms with Gasteiger partial charge in [-0.25, -0.2) is 8.42 Å². The van der Waals surface area contributed by atoms with Gasteiger partial charge in [0.2, 0.25) is 0 Å². The minimum atomic E-state index is -3.99. The van der Waals surface area contributed by atoms with Gasteiger partial charge in [-0.2, -0.15) is 0 Å². The van der Waals surface area contributed by atoms with E-state index in [0.29, 0.717) is 0 Å². The molecular formula is C12H12Cl3NO4S. The van der Waals surface area contributed by atoms with Gasteiger partial charge in [-0.15, -0.1) is 0 Å². The molecule has 1 aromatic carbocycles. The van der Waals surface area contributed by atoms with Crippen molar-refractivity contribution in [3.8, 4) is 5.75 Å². The Morgan fingerprint density at radius 1 is 1.19 bits per heavy atom.